The maximum atomic E-state index is 12.5. The zero-order valence-electron chi connectivity index (χ0n) is 10.9. The molecule has 0 saturated carbocycles. The average Bonchev–Trinajstić information content (AvgIpc) is 2.61. The lowest BCUT2D eigenvalue weighted by molar-refractivity contribution is 0.0285. The van der Waals surface area contributed by atoms with E-state index in [9.17, 15) is 14.7 Å². The Hall–Kier alpha value is -1.62. The van der Waals surface area contributed by atoms with Crippen LogP contribution >= 0.6 is 0 Å². The topological polar surface area (TPSA) is 73.4 Å². The van der Waals surface area contributed by atoms with E-state index in [2.05, 4.69) is 4.98 Å². The number of H-pyrrole nitrogens is 1. The number of rotatable bonds is 1. The Kier molecular flexibility index (Phi) is 2.93. The molecule has 2 unspecified atom stereocenters. The minimum atomic E-state index is -0.308. The van der Waals surface area contributed by atoms with Gasteiger partial charge in [0.25, 0.3) is 5.91 Å². The Morgan fingerprint density at radius 3 is 2.58 bits per heavy atom. The van der Waals surface area contributed by atoms with Crippen molar-refractivity contribution < 1.29 is 9.90 Å². The summed E-state index contributed by atoms with van der Waals surface area (Å²) in [6, 6.07) is 1.62. The van der Waals surface area contributed by atoms with Gasteiger partial charge in [-0.3, -0.25) is 9.59 Å². The van der Waals surface area contributed by atoms with Crippen LogP contribution in [0.5, 0.6) is 0 Å². The van der Waals surface area contributed by atoms with Gasteiger partial charge in [-0.1, -0.05) is 0 Å². The molecule has 2 atom stereocenters. The number of hydrogen-bond acceptors (Lipinski definition) is 3. The minimum absolute atomic E-state index is 0.0851. The highest BCUT2D eigenvalue weighted by atomic mass is 16.3. The Bertz CT molecular complexity index is 552. The van der Waals surface area contributed by atoms with Gasteiger partial charge in [-0.05, 0) is 32.6 Å². The highest BCUT2D eigenvalue weighted by molar-refractivity contribution is 5.94. The van der Waals surface area contributed by atoms with Crippen molar-refractivity contribution in [3.63, 3.8) is 0 Å². The molecule has 19 heavy (non-hydrogen) atoms. The largest absolute Gasteiger partial charge is 0.393 e. The summed E-state index contributed by atoms with van der Waals surface area (Å²) in [5.41, 5.74) is 0.726. The number of amides is 1. The molecular formula is C14H18N2O3. The molecule has 2 aliphatic rings. The minimum Gasteiger partial charge on any atom is -0.393 e. The number of fused-ring (bicyclic) bond motifs is 2. The number of aryl methyl sites for hydroxylation is 1. The van der Waals surface area contributed by atoms with Crippen molar-refractivity contribution in [3.05, 3.63) is 33.7 Å². The summed E-state index contributed by atoms with van der Waals surface area (Å²) in [7, 11) is 0. The molecule has 3 rings (SSSR count). The molecule has 1 aromatic rings. The van der Waals surface area contributed by atoms with Crippen LogP contribution in [0.1, 0.15) is 41.7 Å². The van der Waals surface area contributed by atoms with Crippen LogP contribution < -0.4 is 5.43 Å². The lowest BCUT2D eigenvalue weighted by Gasteiger charge is -2.37. The lowest BCUT2D eigenvalue weighted by Crippen LogP contribution is -2.49. The summed E-state index contributed by atoms with van der Waals surface area (Å²) in [6.07, 6.45) is 4.31. The van der Waals surface area contributed by atoms with E-state index >= 15 is 0 Å². The molecule has 2 fully saturated rings. The van der Waals surface area contributed by atoms with Gasteiger partial charge in [-0.2, -0.15) is 0 Å². The van der Waals surface area contributed by atoms with Crippen molar-refractivity contribution in [2.75, 3.05) is 0 Å². The number of aliphatic hydroxyl groups is 1. The van der Waals surface area contributed by atoms with Crippen LogP contribution in [-0.4, -0.2) is 39.1 Å². The molecule has 5 nitrogen and oxygen atoms in total. The number of carbonyl (C=O) groups is 1. The van der Waals surface area contributed by atoms with E-state index < -0.39 is 0 Å². The Morgan fingerprint density at radius 1 is 1.37 bits per heavy atom. The number of aromatic nitrogens is 1. The van der Waals surface area contributed by atoms with E-state index in [0.29, 0.717) is 12.8 Å². The summed E-state index contributed by atoms with van der Waals surface area (Å²) < 4.78 is 0. The van der Waals surface area contributed by atoms with E-state index in [1.807, 2.05) is 4.90 Å². The molecule has 0 aromatic carbocycles. The first-order valence-electron chi connectivity index (χ1n) is 6.76. The van der Waals surface area contributed by atoms with Crippen LogP contribution in [-0.2, 0) is 0 Å². The predicted molar refractivity (Wildman–Crippen MR) is 70.0 cm³/mol. The molecular weight excluding hydrogens is 244 g/mol. The fourth-order valence-corrected chi connectivity index (χ4v) is 3.36. The zero-order chi connectivity index (χ0) is 13.6. The quantitative estimate of drug-likeness (QED) is 0.786. The van der Waals surface area contributed by atoms with E-state index in [1.54, 1.807) is 6.92 Å². The van der Waals surface area contributed by atoms with Crippen LogP contribution in [0, 0.1) is 6.92 Å². The Morgan fingerprint density at radius 2 is 2.00 bits per heavy atom. The third-order valence-corrected chi connectivity index (χ3v) is 4.23. The number of aromatic amines is 1. The van der Waals surface area contributed by atoms with Crippen molar-refractivity contribution in [1.29, 1.82) is 0 Å². The van der Waals surface area contributed by atoms with Crippen LogP contribution in [0.2, 0.25) is 0 Å². The smallest absolute Gasteiger partial charge is 0.259 e. The van der Waals surface area contributed by atoms with Gasteiger partial charge in [0.05, 0.1) is 6.10 Å². The molecule has 0 spiro atoms. The molecule has 1 aromatic heterocycles. The third-order valence-electron chi connectivity index (χ3n) is 4.23. The highest BCUT2D eigenvalue weighted by Crippen LogP contribution is 2.36. The van der Waals surface area contributed by atoms with Crippen LogP contribution in [0.3, 0.4) is 0 Å². The third kappa shape index (κ3) is 2.08. The lowest BCUT2D eigenvalue weighted by atomic mass is 9.99. The first kappa shape index (κ1) is 12.4. The number of nitrogens with one attached hydrogen (secondary N) is 1. The second kappa shape index (κ2) is 4.49. The van der Waals surface area contributed by atoms with Gasteiger partial charge in [0.2, 0.25) is 0 Å². The Labute approximate surface area is 111 Å². The summed E-state index contributed by atoms with van der Waals surface area (Å²) in [5.74, 6) is -0.194. The van der Waals surface area contributed by atoms with Crippen molar-refractivity contribution in [2.24, 2.45) is 0 Å². The van der Waals surface area contributed by atoms with Gasteiger partial charge in [-0.15, -0.1) is 0 Å². The molecule has 3 heterocycles. The van der Waals surface area contributed by atoms with Crippen molar-refractivity contribution >= 4 is 5.91 Å². The molecule has 0 aliphatic carbocycles. The van der Waals surface area contributed by atoms with E-state index in [0.717, 1.165) is 18.5 Å². The first-order chi connectivity index (χ1) is 9.06. The molecule has 1 amide bonds. The van der Waals surface area contributed by atoms with E-state index in [1.165, 1.54) is 12.3 Å². The van der Waals surface area contributed by atoms with Crippen molar-refractivity contribution in [2.45, 2.75) is 50.8 Å². The second-order valence-electron chi connectivity index (χ2n) is 5.62. The van der Waals surface area contributed by atoms with E-state index in [4.69, 9.17) is 0 Å². The van der Waals surface area contributed by atoms with Gasteiger partial charge in [0.1, 0.15) is 5.56 Å². The number of pyridine rings is 1. The maximum Gasteiger partial charge on any atom is 0.259 e. The van der Waals surface area contributed by atoms with E-state index in [-0.39, 0.29) is 35.1 Å². The number of aliphatic hydroxyl groups excluding tert-OH is 1. The van der Waals surface area contributed by atoms with Crippen LogP contribution in [0.25, 0.3) is 0 Å². The summed E-state index contributed by atoms with van der Waals surface area (Å²) >= 11 is 0. The number of piperidine rings is 1. The molecule has 102 valence electrons. The van der Waals surface area contributed by atoms with Crippen LogP contribution in [0.4, 0.5) is 0 Å². The first-order valence-corrected chi connectivity index (χ1v) is 6.76. The van der Waals surface area contributed by atoms with Gasteiger partial charge >= 0.3 is 0 Å². The fraction of sp³-hybridized carbons (Fsp3) is 0.571. The molecule has 2 N–H and O–H groups in total. The molecule has 2 bridgehead atoms. The summed E-state index contributed by atoms with van der Waals surface area (Å²) in [5, 5.41) is 9.75. The predicted octanol–water partition coefficient (Wildman–Crippen LogP) is 0.811. The average molecular weight is 262 g/mol. The monoisotopic (exact) mass is 262 g/mol. The summed E-state index contributed by atoms with van der Waals surface area (Å²) in [6.45, 7) is 1.79. The van der Waals surface area contributed by atoms with Crippen molar-refractivity contribution in [3.8, 4) is 0 Å². The SMILES string of the molecule is Cc1cc(=O)c(C(=O)N2C3CCC2CC(O)C3)c[nH]1. The number of carbonyl (C=O) groups excluding carboxylic acids is 1. The zero-order valence-corrected chi connectivity index (χ0v) is 10.9. The summed E-state index contributed by atoms with van der Waals surface area (Å²) in [4.78, 5) is 29.2. The van der Waals surface area contributed by atoms with Gasteiger partial charge in [0, 0.05) is 30.0 Å². The molecule has 0 radical (unpaired) electrons. The number of nitrogens with zero attached hydrogens (tertiary/aromatic N) is 1. The number of hydrogen-bond donors (Lipinski definition) is 2. The normalized spacial score (nSPS) is 29.6. The van der Waals surface area contributed by atoms with Gasteiger partial charge in [0.15, 0.2) is 5.43 Å². The van der Waals surface area contributed by atoms with Crippen LogP contribution in [0.15, 0.2) is 17.1 Å². The Balaban J connectivity index is 1.91. The molecule has 5 heteroatoms. The maximum absolute atomic E-state index is 12.5. The molecule has 2 saturated heterocycles. The standard InChI is InChI=1S/C14H18N2O3/c1-8-4-13(18)12(7-15-8)14(19)16-9-2-3-10(16)6-11(17)5-9/h4,7,9-11,17H,2-3,5-6H2,1H3,(H,15,18). The highest BCUT2D eigenvalue weighted by Gasteiger charge is 2.43. The van der Waals surface area contributed by atoms with Gasteiger partial charge in [-0.25, -0.2) is 0 Å². The molecule has 2 aliphatic heterocycles. The van der Waals surface area contributed by atoms with Crippen molar-refractivity contribution in [1.82, 2.24) is 9.88 Å². The fourth-order valence-electron chi connectivity index (χ4n) is 3.36. The van der Waals surface area contributed by atoms with Gasteiger partial charge < -0.3 is 15.0 Å². The second-order valence-corrected chi connectivity index (χ2v) is 5.62.